The maximum atomic E-state index is 12.3. The van der Waals surface area contributed by atoms with E-state index in [4.69, 9.17) is 32.7 Å². The molecule has 0 spiro atoms. The lowest BCUT2D eigenvalue weighted by atomic mass is 10.1. The summed E-state index contributed by atoms with van der Waals surface area (Å²) in [6.45, 7) is 5.31. The zero-order valence-corrected chi connectivity index (χ0v) is 17.5. The molecule has 0 saturated carbocycles. The van der Waals surface area contributed by atoms with E-state index in [0.29, 0.717) is 28.9 Å². The second kappa shape index (κ2) is 9.32. The van der Waals surface area contributed by atoms with Gasteiger partial charge in [0.05, 0.1) is 23.9 Å². The monoisotopic (exact) mass is 435 g/mol. The number of nitrogens with zero attached hydrogens (tertiary/aromatic N) is 2. The Morgan fingerprint density at radius 1 is 1.07 bits per heavy atom. The van der Waals surface area contributed by atoms with Crippen molar-refractivity contribution in [3.05, 3.63) is 57.6 Å². The van der Waals surface area contributed by atoms with E-state index >= 15 is 0 Å². The van der Waals surface area contributed by atoms with Crippen LogP contribution < -0.4 is 10.1 Å². The van der Waals surface area contributed by atoms with Crippen LogP contribution in [0.15, 0.2) is 36.4 Å². The summed E-state index contributed by atoms with van der Waals surface area (Å²) < 4.78 is 11.1. The molecule has 6 nitrogen and oxygen atoms in total. The number of hydrogen-bond donors (Lipinski definition) is 1. The van der Waals surface area contributed by atoms with Crippen molar-refractivity contribution in [2.45, 2.75) is 13.2 Å². The Kier molecular flexibility index (Phi) is 6.57. The Morgan fingerprint density at radius 2 is 1.83 bits per heavy atom. The highest BCUT2D eigenvalue weighted by molar-refractivity contribution is 6.33. The smallest absolute Gasteiger partial charge is 0.238 e. The highest BCUT2D eigenvalue weighted by Gasteiger charge is 2.22. The van der Waals surface area contributed by atoms with Gasteiger partial charge in [-0.2, -0.15) is 0 Å². The van der Waals surface area contributed by atoms with Gasteiger partial charge in [-0.05, 0) is 24.3 Å². The summed E-state index contributed by atoms with van der Waals surface area (Å²) in [5.74, 6) is 0.839. The first kappa shape index (κ1) is 20.4. The van der Waals surface area contributed by atoms with Crippen LogP contribution in [0, 0.1) is 0 Å². The van der Waals surface area contributed by atoms with E-state index in [9.17, 15) is 4.79 Å². The second-order valence-electron chi connectivity index (χ2n) is 7.24. The van der Waals surface area contributed by atoms with Crippen LogP contribution in [0.4, 0.5) is 5.69 Å². The topological polar surface area (TPSA) is 54.0 Å². The zero-order chi connectivity index (χ0) is 20.2. The molecule has 2 aliphatic heterocycles. The molecule has 1 amide bonds. The van der Waals surface area contributed by atoms with E-state index < -0.39 is 0 Å². The number of carbonyl (C=O) groups is 1. The molecule has 0 radical (unpaired) electrons. The van der Waals surface area contributed by atoms with Crippen molar-refractivity contribution in [2.75, 3.05) is 44.8 Å². The molecule has 2 heterocycles. The quantitative estimate of drug-likeness (QED) is 0.776. The Labute approximate surface area is 180 Å². The number of para-hydroxylation sites is 1. The predicted molar refractivity (Wildman–Crippen MR) is 114 cm³/mol. The van der Waals surface area contributed by atoms with Gasteiger partial charge in [0.25, 0.3) is 0 Å². The summed E-state index contributed by atoms with van der Waals surface area (Å²) >= 11 is 12.4. The minimum absolute atomic E-state index is 0.0520. The molecule has 0 aliphatic carbocycles. The molecule has 0 atom stereocenters. The summed E-state index contributed by atoms with van der Waals surface area (Å²) in [5.41, 5.74) is 2.72. The SMILES string of the molecule is O=C(CN1CCN(Cc2cc(Cl)cc3c2OCOC3)CC1)Nc1ccccc1Cl. The summed E-state index contributed by atoms with van der Waals surface area (Å²) in [5, 5.41) is 4.12. The third-order valence-corrected chi connectivity index (χ3v) is 5.67. The number of nitrogens with one attached hydrogen (secondary N) is 1. The largest absolute Gasteiger partial charge is 0.467 e. The van der Waals surface area contributed by atoms with Crippen LogP contribution >= 0.6 is 23.2 Å². The fourth-order valence-electron chi connectivity index (χ4n) is 3.68. The van der Waals surface area contributed by atoms with Crippen molar-refractivity contribution in [3.63, 3.8) is 0 Å². The molecule has 154 valence electrons. The fraction of sp³-hybridized carbons (Fsp3) is 0.381. The summed E-state index contributed by atoms with van der Waals surface area (Å²) in [6.07, 6.45) is 0. The van der Waals surface area contributed by atoms with E-state index in [1.807, 2.05) is 24.3 Å². The molecule has 1 fully saturated rings. The fourth-order valence-corrected chi connectivity index (χ4v) is 4.12. The molecule has 2 aliphatic rings. The van der Waals surface area contributed by atoms with Crippen molar-refractivity contribution in [2.24, 2.45) is 0 Å². The minimum atomic E-state index is -0.0520. The van der Waals surface area contributed by atoms with Gasteiger partial charge in [-0.3, -0.25) is 14.6 Å². The molecule has 29 heavy (non-hydrogen) atoms. The zero-order valence-electron chi connectivity index (χ0n) is 16.0. The number of amides is 1. The lowest BCUT2D eigenvalue weighted by Crippen LogP contribution is -2.48. The number of fused-ring (bicyclic) bond motifs is 1. The minimum Gasteiger partial charge on any atom is -0.467 e. The number of carbonyl (C=O) groups excluding carboxylic acids is 1. The Bertz CT molecular complexity index is 885. The molecule has 1 N–H and O–H groups in total. The van der Waals surface area contributed by atoms with Crippen molar-refractivity contribution >= 4 is 34.8 Å². The van der Waals surface area contributed by atoms with Gasteiger partial charge in [-0.25, -0.2) is 0 Å². The summed E-state index contributed by atoms with van der Waals surface area (Å²) in [4.78, 5) is 16.8. The summed E-state index contributed by atoms with van der Waals surface area (Å²) in [7, 11) is 0. The van der Waals surface area contributed by atoms with Crippen LogP contribution in [0.5, 0.6) is 5.75 Å². The number of piperazine rings is 1. The van der Waals surface area contributed by atoms with Gasteiger partial charge in [0.15, 0.2) is 6.79 Å². The van der Waals surface area contributed by atoms with Crippen LogP contribution in [-0.4, -0.2) is 55.2 Å². The van der Waals surface area contributed by atoms with Crippen LogP contribution in [0.1, 0.15) is 11.1 Å². The van der Waals surface area contributed by atoms with E-state index in [-0.39, 0.29) is 12.7 Å². The van der Waals surface area contributed by atoms with Crippen molar-refractivity contribution in [1.82, 2.24) is 9.80 Å². The van der Waals surface area contributed by atoms with Crippen LogP contribution in [0.2, 0.25) is 10.0 Å². The predicted octanol–water partition coefficient (Wildman–Crippen LogP) is 3.62. The first-order valence-electron chi connectivity index (χ1n) is 9.59. The van der Waals surface area contributed by atoms with Crippen molar-refractivity contribution < 1.29 is 14.3 Å². The van der Waals surface area contributed by atoms with Gasteiger partial charge in [0.2, 0.25) is 5.91 Å². The molecule has 2 aromatic rings. The maximum absolute atomic E-state index is 12.3. The highest BCUT2D eigenvalue weighted by atomic mass is 35.5. The molecule has 0 aromatic heterocycles. The van der Waals surface area contributed by atoms with E-state index in [2.05, 4.69) is 15.1 Å². The number of ether oxygens (including phenoxy) is 2. The Morgan fingerprint density at radius 3 is 2.62 bits per heavy atom. The van der Waals surface area contributed by atoms with Crippen LogP contribution in [0.3, 0.4) is 0 Å². The van der Waals surface area contributed by atoms with E-state index in [1.165, 1.54) is 0 Å². The number of rotatable bonds is 5. The van der Waals surface area contributed by atoms with Gasteiger partial charge in [0.1, 0.15) is 5.75 Å². The van der Waals surface area contributed by atoms with E-state index in [1.54, 1.807) is 12.1 Å². The van der Waals surface area contributed by atoms with Gasteiger partial charge >= 0.3 is 0 Å². The third kappa shape index (κ3) is 5.21. The standard InChI is InChI=1S/C21H23Cl2N3O3/c22-17-9-15(21-16(10-17)13-28-14-29-21)11-25-5-7-26(8-6-25)12-20(27)24-19-4-2-1-3-18(19)23/h1-4,9-10H,5-8,11-14H2,(H,24,27). The average Bonchev–Trinajstić information content (AvgIpc) is 2.71. The van der Waals surface area contributed by atoms with E-state index in [0.717, 1.165) is 49.6 Å². The second-order valence-corrected chi connectivity index (χ2v) is 8.09. The van der Waals surface area contributed by atoms with Gasteiger partial charge < -0.3 is 14.8 Å². The normalized spacial score (nSPS) is 17.4. The van der Waals surface area contributed by atoms with Crippen LogP contribution in [0.25, 0.3) is 0 Å². The molecule has 2 aromatic carbocycles. The molecule has 0 bridgehead atoms. The number of anilines is 1. The number of benzene rings is 2. The Balaban J connectivity index is 1.29. The molecule has 1 saturated heterocycles. The van der Waals surface area contributed by atoms with Crippen LogP contribution in [-0.2, 0) is 22.7 Å². The maximum Gasteiger partial charge on any atom is 0.238 e. The lowest BCUT2D eigenvalue weighted by molar-refractivity contribution is -0.117. The van der Waals surface area contributed by atoms with Crippen molar-refractivity contribution in [1.29, 1.82) is 0 Å². The van der Waals surface area contributed by atoms with Gasteiger partial charge in [-0.15, -0.1) is 0 Å². The van der Waals surface area contributed by atoms with Gasteiger partial charge in [-0.1, -0.05) is 35.3 Å². The lowest BCUT2D eigenvalue weighted by Gasteiger charge is -2.35. The molecule has 4 rings (SSSR count). The van der Waals surface area contributed by atoms with Crippen molar-refractivity contribution in [3.8, 4) is 5.75 Å². The summed E-state index contributed by atoms with van der Waals surface area (Å²) in [6, 6.07) is 11.1. The number of hydrogen-bond acceptors (Lipinski definition) is 5. The first-order chi connectivity index (χ1) is 14.1. The first-order valence-corrected chi connectivity index (χ1v) is 10.3. The highest BCUT2D eigenvalue weighted by Crippen LogP contribution is 2.32. The molecule has 8 heteroatoms. The average molecular weight is 436 g/mol. The molecule has 0 unspecified atom stereocenters. The van der Waals surface area contributed by atoms with Gasteiger partial charge in [0, 0.05) is 48.9 Å². The number of halogens is 2. The third-order valence-electron chi connectivity index (χ3n) is 5.13. The molecular weight excluding hydrogens is 413 g/mol. The Hall–Kier alpha value is -1.83. The molecular formula is C21H23Cl2N3O3.